The highest BCUT2D eigenvalue weighted by atomic mass is 127. The van der Waals surface area contributed by atoms with Crippen LogP contribution in [0.4, 0.5) is 0 Å². The van der Waals surface area contributed by atoms with Crippen molar-refractivity contribution in [2.24, 2.45) is 29.1 Å². The first kappa shape index (κ1) is 31.2. The van der Waals surface area contributed by atoms with Crippen LogP contribution in [0.5, 0.6) is 5.75 Å². The molecule has 8 atom stereocenters. The summed E-state index contributed by atoms with van der Waals surface area (Å²) in [6, 6.07) is 5.00. The highest BCUT2D eigenvalue weighted by Gasteiger charge is 2.57. The molecular weight excluding hydrogens is 623 g/mol. The number of benzene rings is 1. The van der Waals surface area contributed by atoms with E-state index in [4.69, 9.17) is 9.26 Å². The predicted molar refractivity (Wildman–Crippen MR) is 164 cm³/mol. The second-order valence-corrected chi connectivity index (χ2v) is 20.3. The van der Waals surface area contributed by atoms with E-state index in [1.807, 2.05) is 18.2 Å². The first-order valence-electron chi connectivity index (χ1n) is 14.5. The largest absolute Gasteiger partial charge is 0.507 e. The van der Waals surface area contributed by atoms with E-state index in [0.717, 1.165) is 9.99 Å². The maximum absolute atomic E-state index is 14.1. The molecule has 1 heterocycles. The number of hydrogen-bond acceptors (Lipinski definition) is 6. The van der Waals surface area contributed by atoms with Gasteiger partial charge in [0, 0.05) is 17.5 Å². The molecule has 1 saturated heterocycles. The van der Waals surface area contributed by atoms with Gasteiger partial charge >= 0.3 is 0 Å². The third-order valence-corrected chi connectivity index (χ3v) is 16.1. The summed E-state index contributed by atoms with van der Waals surface area (Å²) >= 11 is 2.11. The zero-order chi connectivity index (χ0) is 29.1. The quantitative estimate of drug-likeness (QED) is 0.243. The van der Waals surface area contributed by atoms with Gasteiger partial charge in [-0.2, -0.15) is 5.06 Å². The average molecular weight is 673 g/mol. The molecule has 5 rings (SSSR count). The van der Waals surface area contributed by atoms with Crippen molar-refractivity contribution in [2.45, 2.75) is 110 Å². The predicted octanol–water partition coefficient (Wildman–Crippen LogP) is 5.69. The summed E-state index contributed by atoms with van der Waals surface area (Å²) in [6.07, 6.45) is 0.975. The lowest BCUT2D eigenvalue weighted by molar-refractivity contribution is -0.182. The van der Waals surface area contributed by atoms with Crippen molar-refractivity contribution >= 4 is 36.8 Å². The second kappa shape index (κ2) is 11.2. The lowest BCUT2D eigenvalue weighted by Crippen LogP contribution is -2.62. The number of aliphatic hydroxyl groups excluding tert-OH is 1. The molecule has 3 N–H and O–H groups in total. The molecule has 0 aromatic heterocycles. The third-order valence-electron chi connectivity index (χ3n) is 10.7. The van der Waals surface area contributed by atoms with E-state index in [0.29, 0.717) is 35.3 Å². The Morgan fingerprint density at radius 1 is 1.31 bits per heavy atom. The molecule has 1 aromatic rings. The van der Waals surface area contributed by atoms with Crippen molar-refractivity contribution in [2.75, 3.05) is 6.61 Å². The number of phenols is 1. The van der Waals surface area contributed by atoms with Crippen molar-refractivity contribution in [3.63, 3.8) is 0 Å². The van der Waals surface area contributed by atoms with Crippen LogP contribution in [0.3, 0.4) is 0 Å². The molecular formula is C30H49IN2O5Si. The molecule has 1 aliphatic heterocycles. The smallest absolute Gasteiger partial charge is 0.240 e. The summed E-state index contributed by atoms with van der Waals surface area (Å²) in [5.41, 5.74) is 1.02. The Morgan fingerprint density at radius 3 is 2.54 bits per heavy atom. The molecule has 3 saturated carbocycles. The fourth-order valence-corrected chi connectivity index (χ4v) is 8.40. The number of aliphatic hydroxyl groups is 1. The number of hydrogen-bond donors (Lipinski definition) is 3. The van der Waals surface area contributed by atoms with Crippen molar-refractivity contribution in [3.8, 4) is 5.75 Å². The van der Waals surface area contributed by atoms with Crippen LogP contribution in [-0.4, -0.2) is 60.4 Å². The van der Waals surface area contributed by atoms with Crippen molar-refractivity contribution in [1.82, 2.24) is 10.4 Å². The van der Waals surface area contributed by atoms with Crippen molar-refractivity contribution in [1.29, 1.82) is 0 Å². The number of amides is 1. The summed E-state index contributed by atoms with van der Waals surface area (Å²) in [7, 11) is -2.08. The minimum atomic E-state index is -2.08. The Bertz CT molecular complexity index is 1060. The van der Waals surface area contributed by atoms with Gasteiger partial charge in [-0.15, -0.1) is 0 Å². The summed E-state index contributed by atoms with van der Waals surface area (Å²) < 4.78 is 7.27. The van der Waals surface area contributed by atoms with E-state index < -0.39 is 32.5 Å². The molecule has 4 aliphatic rings. The Morgan fingerprint density at radius 2 is 1.97 bits per heavy atom. The van der Waals surface area contributed by atoms with E-state index >= 15 is 0 Å². The van der Waals surface area contributed by atoms with Crippen LogP contribution in [0.1, 0.15) is 66.9 Å². The minimum Gasteiger partial charge on any atom is -0.507 e. The first-order valence-corrected chi connectivity index (χ1v) is 18.5. The summed E-state index contributed by atoms with van der Waals surface area (Å²) in [5, 5.41) is 26.8. The molecule has 2 bridgehead atoms. The van der Waals surface area contributed by atoms with Gasteiger partial charge in [0.05, 0.1) is 22.8 Å². The molecule has 3 aliphatic carbocycles. The fourth-order valence-electron chi connectivity index (χ4n) is 6.83. The molecule has 9 heteroatoms. The topological polar surface area (TPSA) is 91.3 Å². The Kier molecular flexibility index (Phi) is 8.94. The number of phenolic OH excluding ortho intramolecular Hbond substituents is 1. The van der Waals surface area contributed by atoms with E-state index in [1.54, 1.807) is 12.0 Å². The number of rotatable bonds is 8. The maximum atomic E-state index is 14.1. The highest BCUT2D eigenvalue weighted by Crippen LogP contribution is 2.61. The highest BCUT2D eigenvalue weighted by molar-refractivity contribution is 14.1. The number of aromatic hydroxyl groups is 1. The number of para-hydroxylation sites is 1. The molecule has 220 valence electrons. The van der Waals surface area contributed by atoms with E-state index in [1.165, 1.54) is 6.42 Å². The van der Waals surface area contributed by atoms with Gasteiger partial charge in [-0.25, -0.2) is 0 Å². The van der Waals surface area contributed by atoms with Crippen molar-refractivity contribution in [3.05, 3.63) is 27.3 Å². The van der Waals surface area contributed by atoms with Gasteiger partial charge in [0.25, 0.3) is 0 Å². The molecule has 1 unspecified atom stereocenters. The number of fused-ring (bicyclic) bond motifs is 2. The van der Waals surface area contributed by atoms with Crippen LogP contribution in [-0.2, 0) is 20.6 Å². The summed E-state index contributed by atoms with van der Waals surface area (Å²) in [4.78, 5) is 20.5. The van der Waals surface area contributed by atoms with Crippen LogP contribution >= 0.6 is 22.6 Å². The first-order chi connectivity index (χ1) is 18.0. The third kappa shape index (κ3) is 5.95. The monoisotopic (exact) mass is 672 g/mol. The number of nitrogens with one attached hydrogen (secondary N) is 1. The van der Waals surface area contributed by atoms with E-state index in [9.17, 15) is 15.0 Å². The number of halogens is 1. The number of nitrogens with zero attached hydrogens (tertiary/aromatic N) is 1. The molecule has 39 heavy (non-hydrogen) atoms. The SMILES string of the molecule is C[C@H](O)[C@@H]1[C@H](CO[Si](C)(C)C(C)(C)C)ON(Cc2cccc(I)c2O)[C@@H]1C(=O)NC1C[C@@H]2C[C@H]([C@@H]1C)C2(C)C. The van der Waals surface area contributed by atoms with Gasteiger partial charge < -0.3 is 20.0 Å². The lowest BCUT2D eigenvalue weighted by atomic mass is 9.45. The van der Waals surface area contributed by atoms with Crippen LogP contribution < -0.4 is 5.32 Å². The van der Waals surface area contributed by atoms with E-state index in [2.05, 4.69) is 82.5 Å². The molecule has 7 nitrogen and oxygen atoms in total. The average Bonchev–Trinajstić information content (AvgIpc) is 3.19. The number of carbonyl (C=O) groups is 1. The van der Waals surface area contributed by atoms with Gasteiger partial charge in [0.1, 0.15) is 17.9 Å². The molecule has 4 fully saturated rings. The Labute approximate surface area is 249 Å². The Hall–Kier alpha value is -0.723. The second-order valence-electron chi connectivity index (χ2n) is 14.4. The molecule has 0 radical (unpaired) electrons. The summed E-state index contributed by atoms with van der Waals surface area (Å²) in [5.74, 6) is 1.24. The number of hydroxylamine groups is 2. The normalized spacial score (nSPS) is 33.5. The van der Waals surface area contributed by atoms with E-state index in [-0.39, 0.29) is 29.3 Å². The fraction of sp³-hybridized carbons (Fsp3) is 0.767. The maximum Gasteiger partial charge on any atom is 0.240 e. The molecule has 1 aromatic carbocycles. The van der Waals surface area contributed by atoms with Gasteiger partial charge in [-0.1, -0.05) is 53.7 Å². The number of carbonyl (C=O) groups excluding carboxylic acids is 1. The molecule has 0 spiro atoms. The zero-order valence-corrected chi connectivity index (χ0v) is 28.3. The van der Waals surface area contributed by atoms with Crippen molar-refractivity contribution < 1.29 is 24.3 Å². The van der Waals surface area contributed by atoms with Gasteiger partial charge in [-0.3, -0.25) is 9.63 Å². The van der Waals surface area contributed by atoms with Gasteiger partial charge in [0.15, 0.2) is 8.32 Å². The van der Waals surface area contributed by atoms with Gasteiger partial charge in [-0.05, 0) is 89.7 Å². The Balaban J connectivity index is 1.59. The van der Waals surface area contributed by atoms with Gasteiger partial charge in [0.2, 0.25) is 5.91 Å². The lowest BCUT2D eigenvalue weighted by Gasteiger charge is -2.62. The van der Waals surface area contributed by atoms with Crippen LogP contribution in [0.25, 0.3) is 0 Å². The standard InChI is InChI=1S/C30H49IN2O5Si/c1-17-21-13-20(30(21,6)7)14-23(17)32-28(36)26-25(18(2)34)24(16-37-39(8,9)29(3,4)5)38-33(26)15-19-11-10-12-22(31)27(19)35/h10-12,17-18,20-21,23-26,34-35H,13-16H2,1-9H3,(H,32,36)/t17-,18-,20-,21+,23?,24-,25+,26-/m0/s1. The summed E-state index contributed by atoms with van der Waals surface area (Å²) in [6.45, 7) is 20.2. The van der Waals surface area contributed by atoms with Crippen LogP contribution in [0.15, 0.2) is 18.2 Å². The zero-order valence-electron chi connectivity index (χ0n) is 25.1. The van der Waals surface area contributed by atoms with Crippen LogP contribution in [0, 0.1) is 32.7 Å². The molecule has 1 amide bonds. The minimum absolute atomic E-state index is 0.0284. The van der Waals surface area contributed by atoms with Crippen LogP contribution in [0.2, 0.25) is 18.1 Å².